The van der Waals surface area contributed by atoms with Gasteiger partial charge in [0.15, 0.2) is 11.6 Å². The summed E-state index contributed by atoms with van der Waals surface area (Å²) in [6, 6.07) is 8.74. The lowest BCUT2D eigenvalue weighted by Gasteiger charge is -2.31. The molecule has 0 fully saturated rings. The fourth-order valence-corrected chi connectivity index (χ4v) is 7.10. The molecule has 2 aromatic heterocycles. The van der Waals surface area contributed by atoms with Crippen LogP contribution < -0.4 is 9.06 Å². The van der Waals surface area contributed by atoms with Gasteiger partial charge in [0.1, 0.15) is 0 Å². The second-order valence-corrected chi connectivity index (χ2v) is 17.3. The van der Waals surface area contributed by atoms with E-state index < -0.39 is 0 Å². The van der Waals surface area contributed by atoms with Crippen LogP contribution in [0.25, 0.3) is 11.1 Å². The predicted octanol–water partition coefficient (Wildman–Crippen LogP) is 8.45. The fourth-order valence-electron chi connectivity index (χ4n) is 5.02. The Labute approximate surface area is 247 Å². The number of rotatable bonds is 0. The average molecular weight is 573 g/mol. The Bertz CT molecular complexity index is 1530. The largest absolute Gasteiger partial charge is 0.289 e. The van der Waals surface area contributed by atoms with Gasteiger partial charge in [-0.1, -0.05) is 83.1 Å². The van der Waals surface area contributed by atoms with E-state index in [1.807, 2.05) is 0 Å². The molecule has 2 aliphatic carbocycles. The molecule has 0 saturated heterocycles. The van der Waals surface area contributed by atoms with Crippen molar-refractivity contribution in [2.75, 3.05) is 0 Å². The summed E-state index contributed by atoms with van der Waals surface area (Å²) in [4.78, 5) is 26.8. The molecule has 0 spiro atoms. The van der Waals surface area contributed by atoms with E-state index in [0.29, 0.717) is 0 Å². The minimum atomic E-state index is -0.229. The quantitative estimate of drug-likeness (QED) is 0.317. The molecule has 0 radical (unpaired) electrons. The highest BCUT2D eigenvalue weighted by Gasteiger charge is 2.35. The van der Waals surface area contributed by atoms with E-state index in [1.165, 1.54) is 18.1 Å². The third kappa shape index (κ3) is 6.04. The molecule has 2 aromatic rings. The molecule has 2 aliphatic rings. The third-order valence-corrected chi connectivity index (χ3v) is 9.90. The van der Waals surface area contributed by atoms with Gasteiger partial charge in [0.2, 0.25) is 0 Å². The standard InChI is InChI=1S/C36H44O2S2/c1-33(2,3)23-17-21(18-24(31(23)37)34(4,5)6)27-13-15-29(39-27)30-16-14-28(40-30)22-19-25(35(7,8)9)32(38)26(20-22)36(10,11)12/h13-20H,1-12H3/b30-29+. The van der Waals surface area contributed by atoms with E-state index in [4.69, 9.17) is 0 Å². The zero-order valence-corrected chi connectivity index (χ0v) is 27.9. The summed E-state index contributed by atoms with van der Waals surface area (Å²) in [5.74, 6) is 0.327. The Morgan fingerprint density at radius 2 is 0.625 bits per heavy atom. The van der Waals surface area contributed by atoms with Gasteiger partial charge in [-0.15, -0.1) is 22.7 Å². The molecule has 0 atom stereocenters. The van der Waals surface area contributed by atoms with Crippen molar-refractivity contribution in [1.82, 2.24) is 0 Å². The lowest BCUT2D eigenvalue weighted by atomic mass is 9.72. The second-order valence-electron chi connectivity index (χ2n) is 15.1. The average Bonchev–Trinajstić information content (AvgIpc) is 3.46. The second kappa shape index (κ2) is 10.1. The van der Waals surface area contributed by atoms with Crippen molar-refractivity contribution in [3.05, 3.63) is 89.0 Å². The maximum atomic E-state index is 13.4. The van der Waals surface area contributed by atoms with Gasteiger partial charge in [-0.3, -0.25) is 9.59 Å². The Balaban J connectivity index is 1.96. The number of ketones is 2. The first-order chi connectivity index (χ1) is 18.2. The van der Waals surface area contributed by atoms with E-state index in [1.54, 1.807) is 22.7 Å². The van der Waals surface area contributed by atoms with E-state index in [0.717, 1.165) is 33.4 Å². The van der Waals surface area contributed by atoms with Gasteiger partial charge in [-0.2, -0.15) is 0 Å². The van der Waals surface area contributed by atoms with Crippen molar-refractivity contribution in [2.45, 2.75) is 83.1 Å². The molecule has 40 heavy (non-hydrogen) atoms. The number of hydrogen-bond acceptors (Lipinski definition) is 4. The molecule has 4 rings (SSSR count). The van der Waals surface area contributed by atoms with Crippen molar-refractivity contribution in [3.63, 3.8) is 0 Å². The highest BCUT2D eigenvalue weighted by atomic mass is 32.1. The summed E-state index contributed by atoms with van der Waals surface area (Å²) in [6.07, 6.45) is 8.39. The van der Waals surface area contributed by atoms with Gasteiger partial charge >= 0.3 is 0 Å². The monoisotopic (exact) mass is 572 g/mol. The first-order valence-electron chi connectivity index (χ1n) is 14.1. The lowest BCUT2D eigenvalue weighted by molar-refractivity contribution is -0.114. The van der Waals surface area contributed by atoms with Crippen molar-refractivity contribution < 1.29 is 9.59 Å². The van der Waals surface area contributed by atoms with Crippen molar-refractivity contribution >= 4 is 45.4 Å². The van der Waals surface area contributed by atoms with E-state index in [-0.39, 0.29) is 33.2 Å². The van der Waals surface area contributed by atoms with Gasteiger partial charge in [0, 0.05) is 40.4 Å². The smallest absolute Gasteiger partial charge is 0.186 e. The first-order valence-corrected chi connectivity index (χ1v) is 15.7. The molecule has 0 unspecified atom stereocenters. The van der Waals surface area contributed by atoms with E-state index >= 15 is 0 Å². The predicted molar refractivity (Wildman–Crippen MR) is 173 cm³/mol. The molecule has 0 amide bonds. The minimum Gasteiger partial charge on any atom is -0.289 e. The van der Waals surface area contributed by atoms with E-state index in [2.05, 4.69) is 132 Å². The van der Waals surface area contributed by atoms with Crippen molar-refractivity contribution in [1.29, 1.82) is 0 Å². The Kier molecular flexibility index (Phi) is 7.65. The molecule has 0 aliphatic heterocycles. The first kappa shape index (κ1) is 30.4. The van der Waals surface area contributed by atoms with Gasteiger partial charge in [-0.25, -0.2) is 0 Å². The van der Waals surface area contributed by atoms with Crippen LogP contribution in [0.5, 0.6) is 0 Å². The summed E-state index contributed by atoms with van der Waals surface area (Å²) in [5, 5.41) is 0. The number of allylic oxidation sites excluding steroid dienone is 8. The van der Waals surface area contributed by atoms with Crippen LogP contribution in [-0.4, -0.2) is 11.6 Å². The summed E-state index contributed by atoms with van der Waals surface area (Å²) in [5.41, 5.74) is 4.78. The van der Waals surface area contributed by atoms with Gasteiger partial charge in [-0.05, 0) is 81.4 Å². The van der Waals surface area contributed by atoms with Crippen LogP contribution in [0.2, 0.25) is 0 Å². The molecule has 4 heteroatoms. The maximum absolute atomic E-state index is 13.4. The number of carbonyl (C=O) groups excluding carboxylic acids is 2. The minimum absolute atomic E-state index is 0.164. The van der Waals surface area contributed by atoms with Crippen molar-refractivity contribution in [2.24, 2.45) is 21.7 Å². The number of carbonyl (C=O) groups is 2. The molecule has 0 aromatic carbocycles. The SMILES string of the molecule is CC(C)(C)C1=CC(=c2cc/c(=c3/ccc(=C4C=C(C(C)(C)C)C(=O)C(C(C)(C)C)=C4)s3)s2)C=C(C(C)(C)C)C1=O. The summed E-state index contributed by atoms with van der Waals surface area (Å²) in [7, 11) is 0. The molecule has 0 saturated carbocycles. The maximum Gasteiger partial charge on any atom is 0.186 e. The molecular formula is C36H44O2S2. The van der Waals surface area contributed by atoms with Crippen molar-refractivity contribution in [3.8, 4) is 0 Å². The van der Waals surface area contributed by atoms with Crippen LogP contribution in [0, 0.1) is 30.7 Å². The highest BCUT2D eigenvalue weighted by molar-refractivity contribution is 7.11. The zero-order chi connectivity index (χ0) is 30.0. The fraction of sp³-hybridized carbons (Fsp3) is 0.444. The molecule has 0 bridgehead atoms. The Morgan fingerprint density at radius 1 is 0.400 bits per heavy atom. The molecule has 2 heterocycles. The van der Waals surface area contributed by atoms with E-state index in [9.17, 15) is 9.59 Å². The van der Waals surface area contributed by atoms with Crippen LogP contribution in [-0.2, 0) is 9.59 Å². The molecule has 212 valence electrons. The number of thiophene rings is 2. The highest BCUT2D eigenvalue weighted by Crippen LogP contribution is 2.40. The summed E-state index contributed by atoms with van der Waals surface area (Å²) < 4.78 is 4.75. The zero-order valence-electron chi connectivity index (χ0n) is 26.3. The lowest BCUT2D eigenvalue weighted by Crippen LogP contribution is -2.28. The Hall–Kier alpha value is -2.56. The van der Waals surface area contributed by atoms with Crippen LogP contribution in [0.4, 0.5) is 0 Å². The van der Waals surface area contributed by atoms with Crippen LogP contribution in [0.15, 0.2) is 70.9 Å². The van der Waals surface area contributed by atoms with Gasteiger partial charge in [0.25, 0.3) is 0 Å². The molecule has 2 nitrogen and oxygen atoms in total. The topological polar surface area (TPSA) is 34.1 Å². The normalized spacial score (nSPS) is 18.5. The van der Waals surface area contributed by atoms with Gasteiger partial charge < -0.3 is 0 Å². The molecule has 0 N–H and O–H groups in total. The van der Waals surface area contributed by atoms with Crippen LogP contribution >= 0.6 is 22.7 Å². The van der Waals surface area contributed by atoms with Gasteiger partial charge in [0.05, 0.1) is 0 Å². The summed E-state index contributed by atoms with van der Waals surface area (Å²) in [6.45, 7) is 25.4. The molecular weight excluding hydrogens is 529 g/mol. The number of Topliss-reactive ketones (excluding diaryl/α,β-unsaturated/α-hetero) is 2. The summed E-state index contributed by atoms with van der Waals surface area (Å²) >= 11 is 3.54. The third-order valence-electron chi connectivity index (χ3n) is 7.43. The van der Waals surface area contributed by atoms with Crippen LogP contribution in [0.3, 0.4) is 0 Å². The van der Waals surface area contributed by atoms with Crippen LogP contribution in [0.1, 0.15) is 83.1 Å². The number of hydrogen-bond donors (Lipinski definition) is 0. The Morgan fingerprint density at radius 3 is 0.850 bits per heavy atom.